The third kappa shape index (κ3) is 6.10. The number of carbonyl (C=O) groups is 3. The number of fused-ring (bicyclic) bond motifs is 1. The number of aryl methyl sites for hydroxylation is 1. The maximum absolute atomic E-state index is 12.5. The first kappa shape index (κ1) is 23.0. The molecule has 2 rings (SSSR count). The fourth-order valence-corrected chi connectivity index (χ4v) is 3.17. The number of H-pyrrole nitrogens is 1. The van der Waals surface area contributed by atoms with Gasteiger partial charge in [-0.15, -0.1) is 0 Å². The van der Waals surface area contributed by atoms with E-state index >= 15 is 0 Å². The number of amides is 1. The van der Waals surface area contributed by atoms with Crippen molar-refractivity contribution in [3.05, 3.63) is 35.5 Å². The number of aliphatic hydroxyl groups is 1. The fraction of sp³-hybridized carbons (Fsp3) is 0.429. The van der Waals surface area contributed by atoms with Crippen molar-refractivity contribution in [3.63, 3.8) is 0 Å². The highest BCUT2D eigenvalue weighted by Crippen LogP contribution is 2.23. The van der Waals surface area contributed by atoms with E-state index in [-0.39, 0.29) is 19.3 Å². The number of ketones is 1. The zero-order valence-electron chi connectivity index (χ0n) is 17.3. The van der Waals surface area contributed by atoms with E-state index in [2.05, 4.69) is 15.1 Å². The molecular weight excluding hydrogens is 388 g/mol. The molecule has 0 aliphatic carbocycles. The predicted molar refractivity (Wildman–Crippen MR) is 109 cm³/mol. The molecule has 0 aliphatic heterocycles. The molecule has 0 radical (unpaired) electrons. The molecule has 0 fully saturated rings. The number of rotatable bonds is 10. The minimum atomic E-state index is -1.39. The first-order valence-corrected chi connectivity index (χ1v) is 9.70. The summed E-state index contributed by atoms with van der Waals surface area (Å²) in [4.78, 5) is 42.5. The second-order valence-corrected chi connectivity index (χ2v) is 7.34. The Morgan fingerprint density at radius 3 is 2.73 bits per heavy atom. The Morgan fingerprint density at radius 1 is 1.33 bits per heavy atom. The molecule has 1 amide bonds. The quantitative estimate of drug-likeness (QED) is 0.201. The van der Waals surface area contributed by atoms with Gasteiger partial charge in [0.25, 0.3) is 0 Å². The number of ether oxygens (including phenoxy) is 1. The second kappa shape index (κ2) is 10.5. The Labute approximate surface area is 174 Å². The lowest BCUT2D eigenvalue weighted by molar-refractivity contribution is -0.152. The van der Waals surface area contributed by atoms with E-state index in [1.54, 1.807) is 20.0 Å². The van der Waals surface area contributed by atoms with Crippen LogP contribution in [0.15, 0.2) is 24.4 Å². The standard InChI is InChI=1S/C21H26N4O5/c1-12(2)30-21(29)17(8-7-15(26)11-24-22)25-20(28)18(27)9-14-10-23-16-6-4-5-13(3)19(14)16/h4-6,10-12,17-18,22-23,27H,7-9H2,1-3H3/p+1/t17-,18-/m0/s1. The number of carbonyl (C=O) groups excluding carboxylic acids is 3. The summed E-state index contributed by atoms with van der Waals surface area (Å²) in [5, 5.41) is 13.8. The van der Waals surface area contributed by atoms with E-state index in [1.807, 2.05) is 25.1 Å². The molecule has 0 saturated heterocycles. The smallest absolute Gasteiger partial charge is 0.372 e. The van der Waals surface area contributed by atoms with Gasteiger partial charge in [-0.05, 0) is 44.4 Å². The number of nitrogens with one attached hydrogen (secondary N) is 3. The van der Waals surface area contributed by atoms with Crippen LogP contribution in [0.2, 0.25) is 0 Å². The Kier molecular flexibility index (Phi) is 8.03. The van der Waals surface area contributed by atoms with E-state index in [1.165, 1.54) is 0 Å². The molecule has 0 bridgehead atoms. The lowest BCUT2D eigenvalue weighted by Crippen LogP contribution is -2.47. The Bertz CT molecular complexity index is 975. The van der Waals surface area contributed by atoms with Gasteiger partial charge in [0.2, 0.25) is 11.7 Å². The Hall–Kier alpha value is -3.29. The van der Waals surface area contributed by atoms with E-state index < -0.39 is 35.9 Å². The molecule has 4 N–H and O–H groups in total. The number of hydrogen-bond donors (Lipinski definition) is 4. The average Bonchev–Trinajstić information content (AvgIpc) is 3.08. The summed E-state index contributed by atoms with van der Waals surface area (Å²) in [6.07, 6.45) is 0.732. The Balaban J connectivity index is 2.09. The summed E-state index contributed by atoms with van der Waals surface area (Å²) in [5.74, 6) is -1.87. The number of Topliss-reactive ketones (excluding diaryl/α,β-unsaturated/α-hetero) is 1. The molecule has 9 heteroatoms. The first-order valence-electron chi connectivity index (χ1n) is 9.70. The zero-order valence-corrected chi connectivity index (χ0v) is 17.3. The van der Waals surface area contributed by atoms with E-state index in [4.69, 9.17) is 10.3 Å². The summed E-state index contributed by atoms with van der Waals surface area (Å²) in [7, 11) is 0. The van der Waals surface area contributed by atoms with Crippen molar-refractivity contribution in [1.82, 2.24) is 10.3 Å². The van der Waals surface area contributed by atoms with Crippen LogP contribution >= 0.6 is 0 Å². The zero-order chi connectivity index (χ0) is 22.3. The van der Waals surface area contributed by atoms with E-state index in [9.17, 15) is 19.5 Å². The molecule has 9 nitrogen and oxygen atoms in total. The van der Waals surface area contributed by atoms with Crippen LogP contribution in [0.3, 0.4) is 0 Å². The maximum atomic E-state index is 12.5. The molecule has 2 atom stereocenters. The minimum absolute atomic E-state index is 0.0267. The molecule has 160 valence electrons. The molecule has 1 aromatic heterocycles. The predicted octanol–water partition coefficient (Wildman–Crippen LogP) is 1.48. The van der Waals surface area contributed by atoms with Gasteiger partial charge >= 0.3 is 12.2 Å². The van der Waals surface area contributed by atoms with Gasteiger partial charge in [-0.1, -0.05) is 12.1 Å². The number of esters is 1. The van der Waals surface area contributed by atoms with Gasteiger partial charge in [-0.2, -0.15) is 0 Å². The third-order valence-corrected chi connectivity index (χ3v) is 4.55. The minimum Gasteiger partial charge on any atom is -0.461 e. The molecular formula is C21H27N4O5+. The van der Waals surface area contributed by atoms with Gasteiger partial charge in [0, 0.05) is 29.9 Å². The summed E-state index contributed by atoms with van der Waals surface area (Å²) < 4.78 is 5.14. The normalized spacial score (nSPS) is 12.8. The van der Waals surface area contributed by atoms with Crippen molar-refractivity contribution in [1.29, 1.82) is 5.53 Å². The van der Waals surface area contributed by atoms with Crippen LogP contribution in [0.25, 0.3) is 10.9 Å². The molecule has 0 unspecified atom stereocenters. The van der Waals surface area contributed by atoms with Gasteiger partial charge in [0.15, 0.2) is 0 Å². The van der Waals surface area contributed by atoms with Crippen LogP contribution in [0, 0.1) is 12.5 Å². The molecule has 1 heterocycles. The SMILES string of the molecule is Cc1cccc2[nH]cc(C[C@H](O)C(=O)N[C@@H](CCC(=O)C=[N+]=N)C(=O)OC(C)C)c12. The van der Waals surface area contributed by atoms with Crippen molar-refractivity contribution in [2.24, 2.45) is 0 Å². The summed E-state index contributed by atoms with van der Waals surface area (Å²) in [6.45, 7) is 5.28. The van der Waals surface area contributed by atoms with Crippen LogP contribution in [0.1, 0.15) is 37.8 Å². The van der Waals surface area contributed by atoms with Gasteiger partial charge in [-0.25, -0.2) is 4.79 Å². The fourth-order valence-electron chi connectivity index (χ4n) is 3.17. The summed E-state index contributed by atoms with van der Waals surface area (Å²) in [5.41, 5.74) is 9.39. The summed E-state index contributed by atoms with van der Waals surface area (Å²) >= 11 is 0. The van der Waals surface area contributed by atoms with Crippen LogP contribution < -0.4 is 5.32 Å². The maximum Gasteiger partial charge on any atom is 0.372 e. The average molecular weight is 415 g/mol. The van der Waals surface area contributed by atoms with Gasteiger partial charge in [0.1, 0.15) is 12.1 Å². The lowest BCUT2D eigenvalue weighted by Gasteiger charge is -2.20. The lowest BCUT2D eigenvalue weighted by atomic mass is 10.0. The molecule has 1 aromatic carbocycles. The Morgan fingerprint density at radius 2 is 2.07 bits per heavy atom. The number of benzene rings is 1. The number of aromatic amines is 1. The highest BCUT2D eigenvalue weighted by Gasteiger charge is 2.27. The molecule has 0 aliphatic rings. The first-order chi connectivity index (χ1) is 14.2. The van der Waals surface area contributed by atoms with E-state index in [0.29, 0.717) is 0 Å². The van der Waals surface area contributed by atoms with Crippen molar-refractivity contribution in [2.75, 3.05) is 0 Å². The largest absolute Gasteiger partial charge is 0.461 e. The molecule has 0 saturated carbocycles. The van der Waals surface area contributed by atoms with Crippen molar-refractivity contribution in [3.8, 4) is 0 Å². The van der Waals surface area contributed by atoms with E-state index in [0.717, 1.165) is 28.2 Å². The third-order valence-electron chi connectivity index (χ3n) is 4.55. The van der Waals surface area contributed by atoms with Gasteiger partial charge in [-0.3, -0.25) is 9.59 Å². The monoisotopic (exact) mass is 415 g/mol. The molecule has 2 aromatic rings. The molecule has 30 heavy (non-hydrogen) atoms. The van der Waals surface area contributed by atoms with Crippen molar-refractivity contribution in [2.45, 2.75) is 58.3 Å². The highest BCUT2D eigenvalue weighted by molar-refractivity contribution is 6.25. The van der Waals surface area contributed by atoms with Crippen molar-refractivity contribution >= 4 is 34.8 Å². The number of nitrogens with zero attached hydrogens (tertiary/aromatic N) is 1. The number of aromatic nitrogens is 1. The molecule has 0 spiro atoms. The van der Waals surface area contributed by atoms with Crippen LogP contribution in [0.5, 0.6) is 0 Å². The van der Waals surface area contributed by atoms with Crippen LogP contribution in [-0.4, -0.2) is 57.0 Å². The topological polar surface area (TPSA) is 146 Å². The highest BCUT2D eigenvalue weighted by atomic mass is 16.5. The summed E-state index contributed by atoms with van der Waals surface area (Å²) in [6, 6.07) is 4.68. The van der Waals surface area contributed by atoms with Gasteiger partial charge in [0.05, 0.1) is 16.4 Å². The number of hydrogen-bond acceptors (Lipinski definition) is 6. The van der Waals surface area contributed by atoms with Crippen molar-refractivity contribution < 1.29 is 29.0 Å². The van der Waals surface area contributed by atoms with Gasteiger partial charge < -0.3 is 20.1 Å². The second-order valence-electron chi connectivity index (χ2n) is 7.34. The van der Waals surface area contributed by atoms with Crippen LogP contribution in [0.4, 0.5) is 0 Å². The number of aliphatic hydroxyl groups excluding tert-OH is 1. The van der Waals surface area contributed by atoms with Crippen LogP contribution in [-0.2, 0) is 25.5 Å².